The number of hydrogen-bond acceptors (Lipinski definition) is 4. The maximum Gasteiger partial charge on any atom is 0.346 e. The summed E-state index contributed by atoms with van der Waals surface area (Å²) in [6, 6.07) is 16.1. The van der Waals surface area contributed by atoms with E-state index in [-0.39, 0.29) is 5.56 Å². The van der Waals surface area contributed by atoms with Crippen molar-refractivity contribution in [1.29, 1.82) is 5.26 Å². The zero-order chi connectivity index (χ0) is 28.2. The summed E-state index contributed by atoms with van der Waals surface area (Å²) in [5.74, 6) is -3.43. The van der Waals surface area contributed by atoms with Crippen molar-refractivity contribution in [3.63, 3.8) is 0 Å². The molecule has 3 aromatic rings. The van der Waals surface area contributed by atoms with Crippen LogP contribution in [-0.4, -0.2) is 24.2 Å². The summed E-state index contributed by atoms with van der Waals surface area (Å²) in [4.78, 5) is 15.4. The van der Waals surface area contributed by atoms with Crippen LogP contribution in [0.5, 0.6) is 0 Å². The number of thiophene rings is 1. The first-order chi connectivity index (χ1) is 18.8. The number of halogens is 2. The summed E-state index contributed by atoms with van der Waals surface area (Å²) in [6.07, 6.45) is 12.9. The minimum Gasteiger partial charge on any atom is -0.477 e. The molecule has 0 atom stereocenters. The van der Waals surface area contributed by atoms with Crippen molar-refractivity contribution in [2.75, 3.05) is 18.0 Å². The standard InChI is InChI=1S/C32H32F2N2O2S/c1-3-5-17-36(18-6-4-2)26-11-7-23(8-12-26)9-13-27-15-16-28(39-27)14-10-24-19-30(33)29(31(34)20-24)21-25(22-35)32(37)38/h7-16,19-21H,3-6,17-18H2,1-2H3,(H,37,38)/b13-9+,14-10+,25-21?. The molecule has 0 aliphatic heterocycles. The summed E-state index contributed by atoms with van der Waals surface area (Å²) in [5, 5.41) is 17.7. The highest BCUT2D eigenvalue weighted by atomic mass is 32.1. The van der Waals surface area contributed by atoms with Gasteiger partial charge < -0.3 is 10.0 Å². The lowest BCUT2D eigenvalue weighted by atomic mass is 10.1. The van der Waals surface area contributed by atoms with Gasteiger partial charge in [0, 0.05) is 34.1 Å². The number of aliphatic carboxylic acids is 1. The molecule has 0 aliphatic rings. The molecule has 0 saturated heterocycles. The van der Waals surface area contributed by atoms with Crippen LogP contribution in [-0.2, 0) is 4.79 Å². The predicted molar refractivity (Wildman–Crippen MR) is 158 cm³/mol. The average Bonchev–Trinajstić information content (AvgIpc) is 3.38. The lowest BCUT2D eigenvalue weighted by Crippen LogP contribution is -2.25. The summed E-state index contributed by atoms with van der Waals surface area (Å²) < 4.78 is 28.8. The van der Waals surface area contributed by atoms with Crippen molar-refractivity contribution >= 4 is 53.4 Å². The molecular formula is C32H32F2N2O2S. The quantitative estimate of drug-likeness (QED) is 0.172. The number of rotatable bonds is 13. The fourth-order valence-corrected chi connectivity index (χ4v) is 4.71. The van der Waals surface area contributed by atoms with Gasteiger partial charge in [-0.2, -0.15) is 5.26 Å². The van der Waals surface area contributed by atoms with E-state index in [0.717, 1.165) is 40.5 Å². The Morgan fingerprint density at radius 3 is 1.92 bits per heavy atom. The van der Waals surface area contributed by atoms with E-state index in [1.54, 1.807) is 23.5 Å². The van der Waals surface area contributed by atoms with Gasteiger partial charge in [-0.3, -0.25) is 0 Å². The molecule has 2 aromatic carbocycles. The molecule has 202 valence electrons. The van der Waals surface area contributed by atoms with Gasteiger partial charge in [0.25, 0.3) is 0 Å². The topological polar surface area (TPSA) is 64.3 Å². The van der Waals surface area contributed by atoms with Gasteiger partial charge in [0.15, 0.2) is 0 Å². The van der Waals surface area contributed by atoms with Gasteiger partial charge in [-0.05, 0) is 78.6 Å². The molecule has 39 heavy (non-hydrogen) atoms. The zero-order valence-corrected chi connectivity index (χ0v) is 23.0. The highest BCUT2D eigenvalue weighted by Gasteiger charge is 2.13. The molecule has 0 unspecified atom stereocenters. The Kier molecular flexibility index (Phi) is 11.2. The minimum atomic E-state index is -1.55. The third kappa shape index (κ3) is 8.76. The van der Waals surface area contributed by atoms with Crippen molar-refractivity contribution in [2.24, 2.45) is 0 Å². The molecule has 3 rings (SSSR count). The zero-order valence-electron chi connectivity index (χ0n) is 22.2. The lowest BCUT2D eigenvalue weighted by molar-refractivity contribution is -0.132. The summed E-state index contributed by atoms with van der Waals surface area (Å²) in [5.41, 5.74) is 1.34. The number of nitrogens with zero attached hydrogens (tertiary/aromatic N) is 2. The van der Waals surface area contributed by atoms with Crippen molar-refractivity contribution < 1.29 is 18.7 Å². The second-order valence-electron chi connectivity index (χ2n) is 9.07. The smallest absolute Gasteiger partial charge is 0.346 e. The van der Waals surface area contributed by atoms with Gasteiger partial charge in [0.1, 0.15) is 23.3 Å². The van der Waals surface area contributed by atoms with Crippen molar-refractivity contribution in [2.45, 2.75) is 39.5 Å². The molecule has 7 heteroatoms. The fraction of sp³-hybridized carbons (Fsp3) is 0.250. The number of unbranched alkanes of at least 4 members (excludes halogenated alkanes) is 2. The third-order valence-electron chi connectivity index (χ3n) is 6.09. The Labute approximate surface area is 232 Å². The van der Waals surface area contributed by atoms with Gasteiger partial charge in [0.2, 0.25) is 0 Å². The number of nitriles is 1. The van der Waals surface area contributed by atoms with E-state index in [0.29, 0.717) is 6.08 Å². The first-order valence-corrected chi connectivity index (χ1v) is 13.8. The van der Waals surface area contributed by atoms with Crippen LogP contribution < -0.4 is 4.90 Å². The number of carboxylic acids is 1. The van der Waals surface area contributed by atoms with Crippen molar-refractivity contribution in [3.8, 4) is 6.07 Å². The van der Waals surface area contributed by atoms with Crippen molar-refractivity contribution in [3.05, 3.63) is 92.2 Å². The van der Waals surface area contributed by atoms with Crippen LogP contribution in [0.25, 0.3) is 30.4 Å². The van der Waals surface area contributed by atoms with Crippen LogP contribution in [0.2, 0.25) is 0 Å². The Hall–Kier alpha value is -4.02. The van der Waals surface area contributed by atoms with E-state index in [4.69, 9.17) is 10.4 Å². The van der Waals surface area contributed by atoms with Crippen LogP contribution in [0.3, 0.4) is 0 Å². The normalized spacial score (nSPS) is 11.8. The minimum absolute atomic E-state index is 0.286. The molecule has 4 nitrogen and oxygen atoms in total. The Morgan fingerprint density at radius 1 is 0.897 bits per heavy atom. The molecule has 0 amide bonds. The molecule has 0 bridgehead atoms. The number of benzene rings is 2. The molecule has 0 aliphatic carbocycles. The molecule has 1 heterocycles. The number of carboxylic acid groups (broad SMARTS) is 1. The second kappa shape index (κ2) is 14.8. The summed E-state index contributed by atoms with van der Waals surface area (Å²) in [7, 11) is 0. The van der Waals surface area contributed by atoms with Gasteiger partial charge in [-0.1, -0.05) is 51.0 Å². The molecule has 0 spiro atoms. The Bertz CT molecular complexity index is 1370. The molecular weight excluding hydrogens is 514 g/mol. The largest absolute Gasteiger partial charge is 0.477 e. The monoisotopic (exact) mass is 546 g/mol. The van der Waals surface area contributed by atoms with Crippen LogP contribution in [0.4, 0.5) is 14.5 Å². The van der Waals surface area contributed by atoms with E-state index in [2.05, 4.69) is 49.1 Å². The molecule has 1 aromatic heterocycles. The van der Waals surface area contributed by atoms with Crippen molar-refractivity contribution in [1.82, 2.24) is 0 Å². The average molecular weight is 547 g/mol. The maximum atomic E-state index is 14.4. The predicted octanol–water partition coefficient (Wildman–Crippen LogP) is 8.77. The van der Waals surface area contributed by atoms with Gasteiger partial charge >= 0.3 is 5.97 Å². The highest BCUT2D eigenvalue weighted by Crippen LogP contribution is 2.24. The first-order valence-electron chi connectivity index (χ1n) is 13.0. The van der Waals surface area contributed by atoms with Crippen LogP contribution >= 0.6 is 11.3 Å². The maximum absolute atomic E-state index is 14.4. The first kappa shape index (κ1) is 29.5. The SMILES string of the molecule is CCCCN(CCCC)c1ccc(/C=C/c2ccc(/C=C/c3cc(F)c(C=C(C#N)C(=O)O)c(F)c3)s2)cc1. The van der Waals surface area contributed by atoms with Gasteiger partial charge in [-0.15, -0.1) is 11.3 Å². The molecule has 1 N–H and O–H groups in total. The van der Waals surface area contributed by atoms with E-state index >= 15 is 0 Å². The second-order valence-corrected chi connectivity index (χ2v) is 10.2. The third-order valence-corrected chi connectivity index (χ3v) is 7.11. The highest BCUT2D eigenvalue weighted by molar-refractivity contribution is 7.13. The van der Waals surface area contributed by atoms with Crippen LogP contribution in [0.1, 0.15) is 66.0 Å². The Morgan fingerprint density at radius 2 is 1.44 bits per heavy atom. The summed E-state index contributed by atoms with van der Waals surface area (Å²) in [6.45, 7) is 6.58. The number of hydrogen-bond donors (Lipinski definition) is 1. The van der Waals surface area contributed by atoms with Crippen LogP contribution in [0, 0.1) is 23.0 Å². The summed E-state index contributed by atoms with van der Waals surface area (Å²) >= 11 is 1.54. The molecule has 0 radical (unpaired) electrons. The van der Waals surface area contributed by atoms with E-state index in [9.17, 15) is 13.6 Å². The van der Waals surface area contributed by atoms with E-state index in [1.165, 1.54) is 37.4 Å². The fourth-order valence-electron chi connectivity index (χ4n) is 3.89. The van der Waals surface area contributed by atoms with Crippen LogP contribution in [0.15, 0.2) is 54.1 Å². The number of anilines is 1. The Balaban J connectivity index is 1.67. The van der Waals surface area contributed by atoms with Gasteiger partial charge in [-0.25, -0.2) is 13.6 Å². The van der Waals surface area contributed by atoms with E-state index < -0.39 is 28.7 Å². The van der Waals surface area contributed by atoms with Gasteiger partial charge in [0.05, 0.1) is 0 Å². The molecule has 0 saturated carbocycles. The van der Waals surface area contributed by atoms with E-state index in [1.807, 2.05) is 18.2 Å². The number of carbonyl (C=O) groups is 1. The molecule has 0 fully saturated rings. The lowest BCUT2D eigenvalue weighted by Gasteiger charge is -2.24.